The monoisotopic (exact) mass is 625 g/mol. The fraction of sp³-hybridized carbons (Fsp3) is 0.323. The number of halogens is 7. The highest BCUT2D eigenvalue weighted by molar-refractivity contribution is 5.77. The Morgan fingerprint density at radius 1 is 0.795 bits per heavy atom. The van der Waals surface area contributed by atoms with Gasteiger partial charge in [0.1, 0.15) is 17.9 Å². The maximum Gasteiger partial charge on any atom is 0.446 e. The Bertz CT molecular complexity index is 1500. The topological polar surface area (TPSA) is 51.0 Å². The smallest absolute Gasteiger partial charge is 0.446 e. The normalized spacial score (nSPS) is 12.9. The first kappa shape index (κ1) is 32.8. The molecule has 0 unspecified atom stereocenters. The van der Waals surface area contributed by atoms with Gasteiger partial charge in [-0.05, 0) is 41.5 Å². The Balaban J connectivity index is 1.31. The molecule has 0 amide bonds. The molecule has 0 aliphatic rings. The lowest BCUT2D eigenvalue weighted by molar-refractivity contribution is -0.390. The molecule has 0 saturated carbocycles. The zero-order valence-electron chi connectivity index (χ0n) is 23.8. The van der Waals surface area contributed by atoms with Gasteiger partial charge in [0.15, 0.2) is 5.58 Å². The van der Waals surface area contributed by atoms with Crippen molar-refractivity contribution < 1.29 is 44.6 Å². The summed E-state index contributed by atoms with van der Waals surface area (Å²) in [6.07, 6.45) is -8.87. The molecule has 0 fully saturated rings. The van der Waals surface area contributed by atoms with Crippen molar-refractivity contribution in [1.82, 2.24) is 9.88 Å². The van der Waals surface area contributed by atoms with Crippen molar-refractivity contribution in [2.24, 2.45) is 0 Å². The van der Waals surface area contributed by atoms with E-state index >= 15 is 0 Å². The SMILES string of the molecule is CN(C)c1ccc(/C=C/c2nc3ccc(OCCOCCN(Cc4ccccc4)C(F)(C(F)(F)F)C(F)(F)F)cc3o2)cc1. The Morgan fingerprint density at radius 3 is 2.11 bits per heavy atom. The zero-order valence-corrected chi connectivity index (χ0v) is 23.8. The van der Waals surface area contributed by atoms with Crippen LogP contribution in [-0.2, 0) is 11.3 Å². The number of rotatable bonds is 13. The molecular formula is C31H30F7N3O3. The van der Waals surface area contributed by atoms with Crippen LogP contribution in [0.15, 0.2) is 77.2 Å². The summed E-state index contributed by atoms with van der Waals surface area (Å²) in [5.41, 5.74) is 3.13. The Morgan fingerprint density at radius 2 is 1.48 bits per heavy atom. The summed E-state index contributed by atoms with van der Waals surface area (Å²) in [5.74, 6) is -4.80. The van der Waals surface area contributed by atoms with Crippen molar-refractivity contribution in [3.8, 4) is 5.75 Å². The second-order valence-corrected chi connectivity index (χ2v) is 9.99. The van der Waals surface area contributed by atoms with Gasteiger partial charge in [-0.3, -0.25) is 0 Å². The highest BCUT2D eigenvalue weighted by Crippen LogP contribution is 2.48. The fourth-order valence-corrected chi connectivity index (χ4v) is 4.30. The summed E-state index contributed by atoms with van der Waals surface area (Å²) in [6.45, 7) is -2.78. The molecule has 0 bridgehead atoms. The first-order valence-corrected chi connectivity index (χ1v) is 13.5. The molecule has 6 nitrogen and oxygen atoms in total. The van der Waals surface area contributed by atoms with E-state index in [1.54, 1.807) is 24.3 Å². The van der Waals surface area contributed by atoms with Gasteiger partial charge in [0.2, 0.25) is 5.89 Å². The molecule has 0 aliphatic carbocycles. The van der Waals surface area contributed by atoms with Crippen LogP contribution in [0.4, 0.5) is 36.4 Å². The van der Waals surface area contributed by atoms with E-state index in [0.717, 1.165) is 11.3 Å². The first-order valence-electron chi connectivity index (χ1n) is 13.5. The number of aromatic nitrogens is 1. The molecule has 0 N–H and O–H groups in total. The Kier molecular flexibility index (Phi) is 10.2. The summed E-state index contributed by atoms with van der Waals surface area (Å²) in [5, 5.41) is 0. The van der Waals surface area contributed by atoms with Crippen LogP contribution in [0.5, 0.6) is 5.75 Å². The minimum absolute atomic E-state index is 0.0754. The summed E-state index contributed by atoms with van der Waals surface area (Å²) in [7, 11) is 3.91. The Hall–Kier alpha value is -4.10. The van der Waals surface area contributed by atoms with Gasteiger partial charge in [-0.1, -0.05) is 42.5 Å². The van der Waals surface area contributed by atoms with Crippen molar-refractivity contribution in [2.45, 2.75) is 24.7 Å². The predicted octanol–water partition coefficient (Wildman–Crippen LogP) is 7.75. The number of nitrogens with zero attached hydrogens (tertiary/aromatic N) is 3. The number of oxazole rings is 1. The van der Waals surface area contributed by atoms with Crippen molar-refractivity contribution >= 4 is 28.9 Å². The average molecular weight is 626 g/mol. The van der Waals surface area contributed by atoms with Crippen LogP contribution in [0.1, 0.15) is 17.0 Å². The third kappa shape index (κ3) is 7.88. The largest absolute Gasteiger partial charge is 0.491 e. The maximum atomic E-state index is 14.8. The van der Waals surface area contributed by atoms with E-state index in [-0.39, 0.29) is 23.7 Å². The number of benzene rings is 3. The fourth-order valence-electron chi connectivity index (χ4n) is 4.30. The molecule has 0 spiro atoms. The van der Waals surface area contributed by atoms with E-state index in [1.807, 2.05) is 49.3 Å². The number of anilines is 1. The average Bonchev–Trinajstić information content (AvgIpc) is 3.38. The zero-order chi connectivity index (χ0) is 32.0. The van der Waals surface area contributed by atoms with E-state index in [2.05, 4.69) is 4.98 Å². The first-order chi connectivity index (χ1) is 20.8. The molecular weight excluding hydrogens is 595 g/mol. The molecule has 1 heterocycles. The number of ether oxygens (including phenoxy) is 2. The van der Waals surface area contributed by atoms with E-state index in [1.165, 1.54) is 30.3 Å². The second-order valence-electron chi connectivity index (χ2n) is 9.99. The second kappa shape index (κ2) is 13.7. The van der Waals surface area contributed by atoms with E-state index in [9.17, 15) is 30.7 Å². The molecule has 0 aliphatic heterocycles. The van der Waals surface area contributed by atoms with Gasteiger partial charge >= 0.3 is 18.1 Å². The van der Waals surface area contributed by atoms with E-state index in [0.29, 0.717) is 22.7 Å². The van der Waals surface area contributed by atoms with Gasteiger partial charge in [-0.2, -0.15) is 26.3 Å². The van der Waals surface area contributed by atoms with Crippen LogP contribution >= 0.6 is 0 Å². The van der Waals surface area contributed by atoms with Gasteiger partial charge in [-0.15, -0.1) is 0 Å². The number of fused-ring (bicyclic) bond motifs is 1. The van der Waals surface area contributed by atoms with Crippen LogP contribution < -0.4 is 9.64 Å². The van der Waals surface area contributed by atoms with Crippen LogP contribution in [0.2, 0.25) is 0 Å². The summed E-state index contributed by atoms with van der Waals surface area (Å²) in [6, 6.07) is 19.8. The summed E-state index contributed by atoms with van der Waals surface area (Å²) in [4.78, 5) is 6.08. The van der Waals surface area contributed by atoms with Crippen molar-refractivity contribution in [3.63, 3.8) is 0 Å². The lowest BCUT2D eigenvalue weighted by Crippen LogP contribution is -2.64. The molecule has 4 aromatic rings. The van der Waals surface area contributed by atoms with Gasteiger partial charge in [0.05, 0.1) is 13.2 Å². The lowest BCUT2D eigenvalue weighted by atomic mass is 10.1. The van der Waals surface area contributed by atoms with Crippen LogP contribution in [0.25, 0.3) is 23.3 Å². The molecule has 44 heavy (non-hydrogen) atoms. The van der Waals surface area contributed by atoms with Crippen molar-refractivity contribution in [1.29, 1.82) is 0 Å². The number of hydrogen-bond acceptors (Lipinski definition) is 6. The quantitative estimate of drug-likeness (QED) is 0.0861. The minimum Gasteiger partial charge on any atom is -0.491 e. The molecule has 1 aromatic heterocycles. The molecule has 0 saturated heterocycles. The molecule has 0 atom stereocenters. The van der Waals surface area contributed by atoms with Crippen LogP contribution in [-0.4, -0.2) is 68.5 Å². The highest BCUT2D eigenvalue weighted by Gasteiger charge is 2.75. The third-order valence-electron chi connectivity index (χ3n) is 6.61. The third-order valence-corrected chi connectivity index (χ3v) is 6.61. The number of alkyl halides is 7. The molecule has 236 valence electrons. The van der Waals surface area contributed by atoms with Crippen molar-refractivity contribution in [3.05, 3.63) is 89.8 Å². The van der Waals surface area contributed by atoms with Crippen LogP contribution in [0.3, 0.4) is 0 Å². The van der Waals surface area contributed by atoms with Gasteiger partial charge in [-0.25, -0.2) is 14.3 Å². The van der Waals surface area contributed by atoms with E-state index in [4.69, 9.17) is 13.9 Å². The van der Waals surface area contributed by atoms with Gasteiger partial charge < -0.3 is 18.8 Å². The predicted molar refractivity (Wildman–Crippen MR) is 153 cm³/mol. The molecule has 0 radical (unpaired) electrons. The molecule has 13 heteroatoms. The Labute approximate surface area is 249 Å². The molecule has 4 rings (SSSR count). The van der Waals surface area contributed by atoms with Crippen LogP contribution in [0, 0.1) is 0 Å². The van der Waals surface area contributed by atoms with Gasteiger partial charge in [0, 0.05) is 45.0 Å². The lowest BCUT2D eigenvalue weighted by Gasteiger charge is -2.39. The van der Waals surface area contributed by atoms with Gasteiger partial charge in [0.25, 0.3) is 0 Å². The molecule has 3 aromatic carbocycles. The summed E-state index contributed by atoms with van der Waals surface area (Å²) < 4.78 is 112. The number of hydrogen-bond donors (Lipinski definition) is 0. The summed E-state index contributed by atoms with van der Waals surface area (Å²) >= 11 is 0. The maximum absolute atomic E-state index is 14.8. The van der Waals surface area contributed by atoms with E-state index < -0.39 is 37.8 Å². The highest BCUT2D eigenvalue weighted by atomic mass is 19.4. The standard InChI is InChI=1S/C31H30F7N3O3/c1-40(2)24-11-8-22(9-12-24)10-15-28-39-26-14-13-25(20-27(26)44-28)43-19-18-42-17-16-41(21-23-6-4-3-5-7-23)29(32,30(33,34)35)31(36,37)38/h3-15,20H,16-19,21H2,1-2H3/b15-10+. The minimum atomic E-state index is -6.23. The van der Waals surface area contributed by atoms with Crippen molar-refractivity contribution in [2.75, 3.05) is 45.4 Å².